The molecule has 0 unspecified atom stereocenters. The largest absolute Gasteiger partial charge is 0.497 e. The van der Waals surface area contributed by atoms with Crippen molar-refractivity contribution in [2.24, 2.45) is 5.41 Å². The molecule has 0 N–H and O–H groups in total. The molecule has 2 rings (SSSR count). The SMILES string of the molecule is COc1cccc(CC(=O)N2C(=O)OC[C@@H]2C(C)(C)C)c1. The van der Waals surface area contributed by atoms with Crippen LogP contribution in [-0.2, 0) is 16.0 Å². The third-order valence-corrected chi connectivity index (χ3v) is 3.63. The molecule has 21 heavy (non-hydrogen) atoms. The molecule has 1 aromatic carbocycles. The molecule has 0 aliphatic carbocycles. The van der Waals surface area contributed by atoms with Gasteiger partial charge >= 0.3 is 6.09 Å². The second kappa shape index (κ2) is 5.76. The van der Waals surface area contributed by atoms with E-state index in [9.17, 15) is 9.59 Å². The smallest absolute Gasteiger partial charge is 0.417 e. The maximum absolute atomic E-state index is 12.5. The Bertz CT molecular complexity index is 547. The van der Waals surface area contributed by atoms with Crippen LogP contribution in [0.25, 0.3) is 0 Å². The van der Waals surface area contributed by atoms with Gasteiger partial charge in [-0.15, -0.1) is 0 Å². The summed E-state index contributed by atoms with van der Waals surface area (Å²) >= 11 is 0. The molecule has 1 fully saturated rings. The zero-order chi connectivity index (χ0) is 15.6. The average Bonchev–Trinajstić information content (AvgIpc) is 2.81. The molecule has 1 saturated heterocycles. The van der Waals surface area contributed by atoms with Gasteiger partial charge in [-0.3, -0.25) is 4.79 Å². The number of carbonyl (C=O) groups excluding carboxylic acids is 2. The van der Waals surface area contributed by atoms with E-state index >= 15 is 0 Å². The minimum atomic E-state index is -0.553. The van der Waals surface area contributed by atoms with Gasteiger partial charge in [0.1, 0.15) is 12.4 Å². The van der Waals surface area contributed by atoms with Crippen LogP contribution in [0, 0.1) is 5.41 Å². The summed E-state index contributed by atoms with van der Waals surface area (Å²) in [4.78, 5) is 25.6. The van der Waals surface area contributed by atoms with Gasteiger partial charge in [-0.25, -0.2) is 9.69 Å². The first-order chi connectivity index (χ1) is 9.82. The van der Waals surface area contributed by atoms with Crippen LogP contribution in [0.15, 0.2) is 24.3 Å². The number of methoxy groups -OCH3 is 1. The molecular formula is C16H21NO4. The molecule has 0 saturated carbocycles. The van der Waals surface area contributed by atoms with Gasteiger partial charge in [0, 0.05) is 0 Å². The summed E-state index contributed by atoms with van der Waals surface area (Å²) in [6, 6.07) is 7.04. The van der Waals surface area contributed by atoms with Crippen LogP contribution >= 0.6 is 0 Å². The summed E-state index contributed by atoms with van der Waals surface area (Å²) in [6.45, 7) is 6.23. The van der Waals surface area contributed by atoms with Gasteiger partial charge in [0.05, 0.1) is 19.6 Å². The van der Waals surface area contributed by atoms with E-state index in [1.165, 1.54) is 4.90 Å². The highest BCUT2D eigenvalue weighted by molar-refractivity contribution is 5.94. The minimum Gasteiger partial charge on any atom is -0.497 e. The lowest BCUT2D eigenvalue weighted by molar-refractivity contribution is -0.129. The fraction of sp³-hybridized carbons (Fsp3) is 0.500. The third-order valence-electron chi connectivity index (χ3n) is 3.63. The molecule has 0 radical (unpaired) electrons. The van der Waals surface area contributed by atoms with E-state index in [2.05, 4.69) is 0 Å². The second-order valence-corrected chi connectivity index (χ2v) is 6.25. The first-order valence-corrected chi connectivity index (χ1v) is 6.94. The lowest BCUT2D eigenvalue weighted by Crippen LogP contribution is -2.46. The normalized spacial score (nSPS) is 18.6. The summed E-state index contributed by atoms with van der Waals surface area (Å²) in [5.41, 5.74) is 0.600. The molecule has 5 heteroatoms. The van der Waals surface area contributed by atoms with Crippen LogP contribution in [0.5, 0.6) is 5.75 Å². The van der Waals surface area contributed by atoms with Gasteiger partial charge in [0.25, 0.3) is 0 Å². The number of hydrogen-bond donors (Lipinski definition) is 0. The molecule has 1 atom stereocenters. The molecule has 114 valence electrons. The number of nitrogens with zero attached hydrogens (tertiary/aromatic N) is 1. The van der Waals surface area contributed by atoms with Crippen molar-refractivity contribution < 1.29 is 19.1 Å². The quantitative estimate of drug-likeness (QED) is 0.859. The Balaban J connectivity index is 2.16. The standard InChI is InChI=1S/C16H21NO4/c1-16(2,3)13-10-21-15(19)17(13)14(18)9-11-6-5-7-12(8-11)20-4/h5-8,13H,9-10H2,1-4H3/t13-/m1/s1. The van der Waals surface area contributed by atoms with E-state index in [0.717, 1.165) is 5.56 Å². The number of rotatable bonds is 3. The van der Waals surface area contributed by atoms with E-state index in [0.29, 0.717) is 5.75 Å². The molecule has 1 aliphatic rings. The van der Waals surface area contributed by atoms with Gasteiger partial charge in [0.15, 0.2) is 0 Å². The highest BCUT2D eigenvalue weighted by Crippen LogP contribution is 2.30. The van der Waals surface area contributed by atoms with Gasteiger partial charge in [-0.05, 0) is 23.1 Å². The molecule has 1 aromatic rings. The van der Waals surface area contributed by atoms with Crippen molar-refractivity contribution in [3.8, 4) is 5.75 Å². The fourth-order valence-electron chi connectivity index (χ4n) is 2.38. The predicted octanol–water partition coefficient (Wildman–Crippen LogP) is 2.63. The number of carbonyl (C=O) groups is 2. The van der Waals surface area contributed by atoms with Crippen LogP contribution in [-0.4, -0.2) is 36.7 Å². The van der Waals surface area contributed by atoms with E-state index in [1.807, 2.05) is 39.0 Å². The van der Waals surface area contributed by atoms with E-state index in [4.69, 9.17) is 9.47 Å². The van der Waals surface area contributed by atoms with Crippen LogP contribution in [0.4, 0.5) is 4.79 Å². The van der Waals surface area contributed by atoms with Gasteiger partial charge < -0.3 is 9.47 Å². The molecule has 0 spiro atoms. The van der Waals surface area contributed by atoms with Crippen molar-refractivity contribution in [2.45, 2.75) is 33.2 Å². The molecule has 0 bridgehead atoms. The Hall–Kier alpha value is -2.04. The summed E-state index contributed by atoms with van der Waals surface area (Å²) in [5.74, 6) is 0.447. The molecule has 1 aliphatic heterocycles. The predicted molar refractivity (Wildman–Crippen MR) is 78.1 cm³/mol. The number of amides is 2. The lowest BCUT2D eigenvalue weighted by Gasteiger charge is -2.30. The number of benzene rings is 1. The van der Waals surface area contributed by atoms with Crippen molar-refractivity contribution in [1.29, 1.82) is 0 Å². The second-order valence-electron chi connectivity index (χ2n) is 6.25. The Labute approximate surface area is 124 Å². The van der Waals surface area contributed by atoms with Crippen molar-refractivity contribution in [3.05, 3.63) is 29.8 Å². The summed E-state index contributed by atoms with van der Waals surface area (Å²) in [6.07, 6.45) is -0.401. The molecule has 1 heterocycles. The van der Waals surface area contributed by atoms with Crippen molar-refractivity contribution in [1.82, 2.24) is 4.90 Å². The summed E-state index contributed by atoms with van der Waals surface area (Å²) < 4.78 is 10.2. The highest BCUT2D eigenvalue weighted by Gasteiger charge is 2.43. The van der Waals surface area contributed by atoms with Crippen LogP contribution < -0.4 is 4.74 Å². The maximum atomic E-state index is 12.5. The third kappa shape index (κ3) is 3.35. The van der Waals surface area contributed by atoms with Crippen molar-refractivity contribution in [3.63, 3.8) is 0 Å². The number of ether oxygens (including phenoxy) is 2. The zero-order valence-corrected chi connectivity index (χ0v) is 12.9. The summed E-state index contributed by atoms with van der Waals surface area (Å²) in [7, 11) is 1.58. The van der Waals surface area contributed by atoms with E-state index < -0.39 is 6.09 Å². The van der Waals surface area contributed by atoms with Crippen LogP contribution in [0.2, 0.25) is 0 Å². The first kappa shape index (κ1) is 15.4. The van der Waals surface area contributed by atoms with Gasteiger partial charge in [-0.2, -0.15) is 0 Å². The zero-order valence-electron chi connectivity index (χ0n) is 12.9. The number of cyclic esters (lactones) is 1. The average molecular weight is 291 g/mol. The molecule has 0 aromatic heterocycles. The lowest BCUT2D eigenvalue weighted by atomic mass is 9.86. The Kier molecular flexibility index (Phi) is 4.21. The highest BCUT2D eigenvalue weighted by atomic mass is 16.6. The fourth-order valence-corrected chi connectivity index (χ4v) is 2.38. The maximum Gasteiger partial charge on any atom is 0.417 e. The Morgan fingerprint density at radius 2 is 2.14 bits per heavy atom. The van der Waals surface area contributed by atoms with Crippen molar-refractivity contribution in [2.75, 3.05) is 13.7 Å². The van der Waals surface area contributed by atoms with E-state index in [1.54, 1.807) is 13.2 Å². The summed E-state index contributed by atoms with van der Waals surface area (Å²) in [5, 5.41) is 0. The van der Waals surface area contributed by atoms with Crippen LogP contribution in [0.1, 0.15) is 26.3 Å². The number of imide groups is 1. The van der Waals surface area contributed by atoms with E-state index in [-0.39, 0.29) is 30.4 Å². The first-order valence-electron chi connectivity index (χ1n) is 6.94. The Morgan fingerprint density at radius 3 is 2.76 bits per heavy atom. The number of hydrogen-bond acceptors (Lipinski definition) is 4. The van der Waals surface area contributed by atoms with Gasteiger partial charge in [-0.1, -0.05) is 32.9 Å². The molecule has 2 amide bonds. The molecule has 5 nitrogen and oxygen atoms in total. The Morgan fingerprint density at radius 1 is 1.43 bits per heavy atom. The van der Waals surface area contributed by atoms with Crippen LogP contribution in [0.3, 0.4) is 0 Å². The minimum absolute atomic E-state index is 0.152. The topological polar surface area (TPSA) is 55.8 Å². The monoisotopic (exact) mass is 291 g/mol. The van der Waals surface area contributed by atoms with Gasteiger partial charge in [0.2, 0.25) is 5.91 Å². The van der Waals surface area contributed by atoms with Crippen molar-refractivity contribution >= 4 is 12.0 Å². The molecular weight excluding hydrogens is 270 g/mol.